The third kappa shape index (κ3) is 3.12. The molecular weight excluding hydrogens is 322 g/mol. The average Bonchev–Trinajstić information content (AvgIpc) is 2.91. The Morgan fingerprint density at radius 2 is 2.04 bits per heavy atom. The van der Waals surface area contributed by atoms with Crippen molar-refractivity contribution in [2.24, 2.45) is 0 Å². The monoisotopic (exact) mass is 337 g/mol. The molecule has 2 aromatic rings. The highest BCUT2D eigenvalue weighted by molar-refractivity contribution is 6.21. The highest BCUT2D eigenvalue weighted by Crippen LogP contribution is 2.25. The second-order valence-corrected chi connectivity index (χ2v) is 5.50. The van der Waals surface area contributed by atoms with Crippen molar-refractivity contribution in [3.8, 4) is 17.8 Å². The first kappa shape index (κ1) is 16.4. The summed E-state index contributed by atoms with van der Waals surface area (Å²) in [7, 11) is 0. The number of ether oxygens (including phenoxy) is 1. The van der Waals surface area contributed by atoms with Crippen LogP contribution < -0.4 is 15.0 Å². The van der Waals surface area contributed by atoms with E-state index >= 15 is 0 Å². The molecule has 8 nitrogen and oxygen atoms in total. The number of rotatable bonds is 4. The number of nitriles is 1. The fourth-order valence-electron chi connectivity index (χ4n) is 2.46. The molecule has 1 fully saturated rings. The molecule has 1 aromatic heterocycles. The quantitative estimate of drug-likeness (QED) is 0.858. The van der Waals surface area contributed by atoms with Crippen LogP contribution in [0.25, 0.3) is 0 Å². The minimum Gasteiger partial charge on any atom is -0.424 e. The van der Waals surface area contributed by atoms with Gasteiger partial charge in [0.25, 0.3) is 5.91 Å². The van der Waals surface area contributed by atoms with E-state index in [4.69, 9.17) is 10.00 Å². The van der Waals surface area contributed by atoms with E-state index in [-0.39, 0.29) is 17.6 Å². The van der Waals surface area contributed by atoms with E-state index in [1.807, 2.05) is 13.8 Å². The van der Waals surface area contributed by atoms with Crippen molar-refractivity contribution in [1.29, 1.82) is 5.26 Å². The van der Waals surface area contributed by atoms with Gasteiger partial charge in [0, 0.05) is 0 Å². The van der Waals surface area contributed by atoms with Crippen molar-refractivity contribution >= 4 is 17.6 Å². The highest BCUT2D eigenvalue weighted by atomic mass is 16.5. The lowest BCUT2D eigenvalue weighted by molar-refractivity contribution is -0.118. The van der Waals surface area contributed by atoms with Gasteiger partial charge in [-0.25, -0.2) is 19.7 Å². The van der Waals surface area contributed by atoms with Gasteiger partial charge in [0.05, 0.1) is 29.7 Å². The smallest absolute Gasteiger partial charge is 0.329 e. The standard InChI is InChI=1S/C17H15N5O3/c1-3-13-15(23)22(17(24)21-13)12-8-19-16(20-9-12)25-14-5-4-11(7-18)6-10(14)2/h4-6,8-9,13H,3H2,1-2H3,(H,21,24)/t13-/m1/s1. The Labute approximate surface area is 144 Å². The molecule has 0 spiro atoms. The zero-order chi connectivity index (χ0) is 18.0. The van der Waals surface area contributed by atoms with Crippen LogP contribution in [0.15, 0.2) is 30.6 Å². The number of nitrogens with one attached hydrogen (secondary N) is 1. The predicted octanol–water partition coefficient (Wildman–Crippen LogP) is 2.28. The molecule has 3 rings (SSSR count). The van der Waals surface area contributed by atoms with Gasteiger partial charge in [-0.15, -0.1) is 0 Å². The second kappa shape index (κ2) is 6.57. The predicted molar refractivity (Wildman–Crippen MR) is 88.1 cm³/mol. The summed E-state index contributed by atoms with van der Waals surface area (Å²) in [6.45, 7) is 3.63. The summed E-state index contributed by atoms with van der Waals surface area (Å²) in [6, 6.07) is 6.11. The van der Waals surface area contributed by atoms with Crippen LogP contribution in [0, 0.1) is 18.3 Å². The van der Waals surface area contributed by atoms with Crippen molar-refractivity contribution < 1.29 is 14.3 Å². The summed E-state index contributed by atoms with van der Waals surface area (Å²) in [5, 5.41) is 11.5. The number of amides is 3. The Morgan fingerprint density at radius 3 is 2.60 bits per heavy atom. The van der Waals surface area contributed by atoms with E-state index in [0.717, 1.165) is 10.5 Å². The number of benzene rings is 1. The largest absolute Gasteiger partial charge is 0.424 e. The number of hydrogen-bond acceptors (Lipinski definition) is 6. The molecule has 0 aliphatic carbocycles. The van der Waals surface area contributed by atoms with Crippen LogP contribution in [0.5, 0.6) is 11.8 Å². The first-order valence-electron chi connectivity index (χ1n) is 7.68. The van der Waals surface area contributed by atoms with Crippen molar-refractivity contribution in [2.75, 3.05) is 4.90 Å². The third-order valence-electron chi connectivity index (χ3n) is 3.81. The van der Waals surface area contributed by atoms with Crippen LogP contribution in [-0.2, 0) is 4.79 Å². The maximum atomic E-state index is 12.2. The molecule has 1 aromatic carbocycles. The maximum absolute atomic E-state index is 12.2. The van der Waals surface area contributed by atoms with Crippen LogP contribution in [0.2, 0.25) is 0 Å². The van der Waals surface area contributed by atoms with Gasteiger partial charge in [-0.2, -0.15) is 5.26 Å². The summed E-state index contributed by atoms with van der Waals surface area (Å²) >= 11 is 0. The number of imide groups is 1. The van der Waals surface area contributed by atoms with E-state index in [1.165, 1.54) is 12.4 Å². The molecule has 0 bridgehead atoms. The Morgan fingerprint density at radius 1 is 1.32 bits per heavy atom. The fraction of sp³-hybridized carbons (Fsp3) is 0.235. The molecule has 1 saturated heterocycles. The number of nitrogens with zero attached hydrogens (tertiary/aromatic N) is 4. The number of hydrogen-bond donors (Lipinski definition) is 1. The topological polar surface area (TPSA) is 108 Å². The van der Waals surface area contributed by atoms with Gasteiger partial charge in [-0.3, -0.25) is 4.79 Å². The molecule has 0 saturated carbocycles. The Hall–Kier alpha value is -3.47. The van der Waals surface area contributed by atoms with Crippen LogP contribution >= 0.6 is 0 Å². The number of urea groups is 1. The zero-order valence-electron chi connectivity index (χ0n) is 13.7. The first-order valence-corrected chi connectivity index (χ1v) is 7.68. The SMILES string of the molecule is CC[C@H]1NC(=O)N(c2cnc(Oc3ccc(C#N)cc3C)nc2)C1=O. The molecule has 1 aliphatic heterocycles. The third-order valence-corrected chi connectivity index (χ3v) is 3.81. The van der Waals surface area contributed by atoms with Crippen LogP contribution in [0.3, 0.4) is 0 Å². The van der Waals surface area contributed by atoms with E-state index in [0.29, 0.717) is 17.7 Å². The Bertz CT molecular complexity index is 873. The fourth-order valence-corrected chi connectivity index (χ4v) is 2.46. The lowest BCUT2D eigenvalue weighted by Crippen LogP contribution is -2.31. The maximum Gasteiger partial charge on any atom is 0.329 e. The van der Waals surface area contributed by atoms with Crippen LogP contribution in [-0.4, -0.2) is 27.9 Å². The molecule has 1 N–H and O–H groups in total. The summed E-state index contributed by atoms with van der Waals surface area (Å²) in [5.41, 5.74) is 1.58. The number of carbonyl (C=O) groups is 2. The van der Waals surface area contributed by atoms with Gasteiger partial charge in [-0.1, -0.05) is 6.92 Å². The summed E-state index contributed by atoms with van der Waals surface area (Å²) < 4.78 is 5.59. The van der Waals surface area contributed by atoms with Gasteiger partial charge in [-0.05, 0) is 37.1 Å². The van der Waals surface area contributed by atoms with E-state index in [9.17, 15) is 9.59 Å². The van der Waals surface area contributed by atoms with Gasteiger partial charge in [0.2, 0.25) is 0 Å². The van der Waals surface area contributed by atoms with Crippen molar-refractivity contribution in [2.45, 2.75) is 26.3 Å². The number of carbonyl (C=O) groups excluding carboxylic acids is 2. The molecule has 126 valence electrons. The second-order valence-electron chi connectivity index (χ2n) is 5.50. The number of aryl methyl sites for hydroxylation is 1. The molecule has 1 atom stereocenters. The minimum absolute atomic E-state index is 0.0793. The highest BCUT2D eigenvalue weighted by Gasteiger charge is 2.38. The van der Waals surface area contributed by atoms with Gasteiger partial charge in [0.15, 0.2) is 0 Å². The molecular formula is C17H15N5O3. The zero-order valence-corrected chi connectivity index (χ0v) is 13.7. The molecule has 1 aliphatic rings. The molecule has 25 heavy (non-hydrogen) atoms. The van der Waals surface area contributed by atoms with Gasteiger partial charge >= 0.3 is 12.0 Å². The van der Waals surface area contributed by atoms with Crippen LogP contribution in [0.1, 0.15) is 24.5 Å². The summed E-state index contributed by atoms with van der Waals surface area (Å²) in [5.74, 6) is 0.195. The van der Waals surface area contributed by atoms with E-state index in [2.05, 4.69) is 21.4 Å². The molecule has 3 amide bonds. The number of aromatic nitrogens is 2. The lowest BCUT2D eigenvalue weighted by Gasteiger charge is -2.12. The molecule has 0 radical (unpaired) electrons. The first-order chi connectivity index (χ1) is 12.0. The Balaban J connectivity index is 1.78. The molecule has 8 heteroatoms. The summed E-state index contributed by atoms with van der Waals surface area (Å²) in [4.78, 5) is 33.2. The van der Waals surface area contributed by atoms with E-state index in [1.54, 1.807) is 18.2 Å². The van der Waals surface area contributed by atoms with Crippen LogP contribution in [0.4, 0.5) is 10.5 Å². The van der Waals surface area contributed by atoms with Gasteiger partial charge < -0.3 is 10.1 Å². The normalized spacial score (nSPS) is 16.5. The summed E-state index contributed by atoms with van der Waals surface area (Å²) in [6.07, 6.45) is 3.23. The Kier molecular flexibility index (Phi) is 4.31. The molecule has 0 unspecified atom stereocenters. The molecule has 2 heterocycles. The van der Waals surface area contributed by atoms with E-state index < -0.39 is 12.1 Å². The van der Waals surface area contributed by atoms with Crippen molar-refractivity contribution in [3.63, 3.8) is 0 Å². The van der Waals surface area contributed by atoms with Crippen molar-refractivity contribution in [3.05, 3.63) is 41.7 Å². The number of anilines is 1. The van der Waals surface area contributed by atoms with Crippen molar-refractivity contribution in [1.82, 2.24) is 15.3 Å². The minimum atomic E-state index is -0.523. The van der Waals surface area contributed by atoms with Gasteiger partial charge in [0.1, 0.15) is 11.8 Å². The average molecular weight is 337 g/mol. The lowest BCUT2D eigenvalue weighted by atomic mass is 10.1.